The number of hydrogen-bond donors (Lipinski definition) is 1. The number of nitrogens with one attached hydrogen (secondary N) is 1. The van der Waals surface area contributed by atoms with Gasteiger partial charge in [0.05, 0.1) is 7.11 Å². The number of oxazole rings is 1. The monoisotopic (exact) mass is 422 g/mol. The van der Waals surface area contributed by atoms with E-state index in [0.29, 0.717) is 34.0 Å². The van der Waals surface area contributed by atoms with Crippen LogP contribution in [0.5, 0.6) is 5.75 Å². The van der Waals surface area contributed by atoms with Crippen molar-refractivity contribution in [3.05, 3.63) is 76.8 Å². The van der Waals surface area contributed by atoms with E-state index in [0.717, 1.165) is 10.0 Å². The molecule has 4 aromatic rings. The van der Waals surface area contributed by atoms with Crippen LogP contribution in [0.2, 0.25) is 0 Å². The van der Waals surface area contributed by atoms with Crippen molar-refractivity contribution in [3.63, 3.8) is 0 Å². The number of ether oxygens (including phenoxy) is 1. The molecule has 0 radical (unpaired) electrons. The summed E-state index contributed by atoms with van der Waals surface area (Å²) in [5.41, 5.74) is 3.41. The number of carbonyl (C=O) groups excluding carboxylic acids is 1. The lowest BCUT2D eigenvalue weighted by atomic mass is 10.2. The van der Waals surface area contributed by atoms with Crippen molar-refractivity contribution in [2.75, 3.05) is 12.4 Å². The number of amides is 1. The molecule has 1 heterocycles. The summed E-state index contributed by atoms with van der Waals surface area (Å²) in [6.45, 7) is 0. The van der Waals surface area contributed by atoms with E-state index in [1.54, 1.807) is 49.6 Å². The van der Waals surface area contributed by atoms with E-state index in [-0.39, 0.29) is 5.91 Å². The summed E-state index contributed by atoms with van der Waals surface area (Å²) in [5.74, 6) is 1.04. The third kappa shape index (κ3) is 3.71. The van der Waals surface area contributed by atoms with Crippen LogP contribution in [-0.4, -0.2) is 18.0 Å². The number of carbonyl (C=O) groups is 1. The molecule has 0 aliphatic heterocycles. The van der Waals surface area contributed by atoms with Gasteiger partial charge in [-0.3, -0.25) is 4.79 Å². The summed E-state index contributed by atoms with van der Waals surface area (Å²) in [7, 11) is 1.59. The number of benzene rings is 3. The van der Waals surface area contributed by atoms with Crippen LogP contribution in [0.15, 0.2) is 75.6 Å². The summed E-state index contributed by atoms with van der Waals surface area (Å²) in [6.07, 6.45) is 0. The first-order chi connectivity index (χ1) is 13.1. The fourth-order valence-electron chi connectivity index (χ4n) is 2.70. The smallest absolute Gasteiger partial charge is 0.255 e. The van der Waals surface area contributed by atoms with Gasteiger partial charge in [-0.1, -0.05) is 22.0 Å². The lowest BCUT2D eigenvalue weighted by molar-refractivity contribution is 0.102. The third-order valence-corrected chi connectivity index (χ3v) is 4.56. The lowest BCUT2D eigenvalue weighted by Crippen LogP contribution is -2.11. The molecule has 134 valence electrons. The van der Waals surface area contributed by atoms with Crippen molar-refractivity contribution in [3.8, 4) is 17.2 Å². The number of anilines is 1. The molecular formula is C21H15BrN2O3. The van der Waals surface area contributed by atoms with Gasteiger partial charge in [0.1, 0.15) is 11.3 Å². The number of methoxy groups -OCH3 is 1. The predicted molar refractivity (Wildman–Crippen MR) is 108 cm³/mol. The molecule has 0 spiro atoms. The second-order valence-corrected chi connectivity index (χ2v) is 6.81. The summed E-state index contributed by atoms with van der Waals surface area (Å²) in [4.78, 5) is 16.9. The van der Waals surface area contributed by atoms with Gasteiger partial charge in [-0.05, 0) is 60.7 Å². The van der Waals surface area contributed by atoms with E-state index >= 15 is 0 Å². The van der Waals surface area contributed by atoms with Crippen molar-refractivity contribution in [2.24, 2.45) is 0 Å². The highest BCUT2D eigenvalue weighted by atomic mass is 79.9. The third-order valence-electron chi connectivity index (χ3n) is 4.07. The molecule has 0 aliphatic carbocycles. The molecule has 5 nitrogen and oxygen atoms in total. The molecule has 0 saturated carbocycles. The highest BCUT2D eigenvalue weighted by Crippen LogP contribution is 2.28. The summed E-state index contributed by atoms with van der Waals surface area (Å²) >= 11 is 3.45. The van der Waals surface area contributed by atoms with Crippen LogP contribution in [-0.2, 0) is 0 Å². The molecule has 6 heteroatoms. The van der Waals surface area contributed by atoms with Crippen LogP contribution in [0.3, 0.4) is 0 Å². The Morgan fingerprint density at radius 1 is 1.07 bits per heavy atom. The molecule has 1 amide bonds. The second-order valence-electron chi connectivity index (χ2n) is 5.89. The SMILES string of the molecule is COc1ccc(C(=O)Nc2ccc3oc(-c4cccc(Br)c4)nc3c2)cc1. The molecule has 1 aromatic heterocycles. The maximum absolute atomic E-state index is 12.4. The number of hydrogen-bond acceptors (Lipinski definition) is 4. The fourth-order valence-corrected chi connectivity index (χ4v) is 3.10. The maximum atomic E-state index is 12.4. The van der Waals surface area contributed by atoms with Crippen LogP contribution < -0.4 is 10.1 Å². The first-order valence-corrected chi connectivity index (χ1v) is 9.03. The van der Waals surface area contributed by atoms with Crippen molar-refractivity contribution >= 4 is 38.6 Å². The number of halogens is 1. The zero-order chi connectivity index (χ0) is 18.8. The number of fused-ring (bicyclic) bond motifs is 1. The minimum Gasteiger partial charge on any atom is -0.497 e. The largest absolute Gasteiger partial charge is 0.497 e. The van der Waals surface area contributed by atoms with E-state index in [2.05, 4.69) is 26.2 Å². The van der Waals surface area contributed by atoms with Gasteiger partial charge >= 0.3 is 0 Å². The molecule has 3 aromatic carbocycles. The molecule has 0 bridgehead atoms. The summed E-state index contributed by atoms with van der Waals surface area (Å²) in [5, 5.41) is 2.88. The Labute approximate surface area is 164 Å². The quantitative estimate of drug-likeness (QED) is 0.470. The molecule has 0 atom stereocenters. The van der Waals surface area contributed by atoms with Crippen molar-refractivity contribution < 1.29 is 13.9 Å². The zero-order valence-electron chi connectivity index (χ0n) is 14.4. The molecule has 0 aliphatic rings. The van der Waals surface area contributed by atoms with Crippen LogP contribution in [0, 0.1) is 0 Å². The van der Waals surface area contributed by atoms with Gasteiger partial charge in [0, 0.05) is 21.3 Å². The molecular weight excluding hydrogens is 408 g/mol. The molecule has 0 saturated heterocycles. The minimum absolute atomic E-state index is 0.201. The van der Waals surface area contributed by atoms with E-state index < -0.39 is 0 Å². The molecule has 0 unspecified atom stereocenters. The highest BCUT2D eigenvalue weighted by Gasteiger charge is 2.11. The Morgan fingerprint density at radius 2 is 1.89 bits per heavy atom. The summed E-state index contributed by atoms with van der Waals surface area (Å²) in [6, 6.07) is 20.1. The van der Waals surface area contributed by atoms with E-state index in [9.17, 15) is 4.79 Å². The van der Waals surface area contributed by atoms with Gasteiger partial charge in [0.2, 0.25) is 5.89 Å². The summed E-state index contributed by atoms with van der Waals surface area (Å²) < 4.78 is 11.9. The van der Waals surface area contributed by atoms with Crippen LogP contribution in [0.25, 0.3) is 22.6 Å². The first-order valence-electron chi connectivity index (χ1n) is 8.24. The maximum Gasteiger partial charge on any atom is 0.255 e. The van der Waals surface area contributed by atoms with Crippen LogP contribution in [0.1, 0.15) is 10.4 Å². The molecule has 4 rings (SSSR count). The van der Waals surface area contributed by atoms with Gasteiger partial charge in [0.15, 0.2) is 5.58 Å². The van der Waals surface area contributed by atoms with Gasteiger partial charge in [-0.2, -0.15) is 0 Å². The van der Waals surface area contributed by atoms with Gasteiger partial charge in [-0.15, -0.1) is 0 Å². The standard InChI is InChI=1S/C21H15BrN2O3/c1-26-17-8-5-13(6-9-17)20(25)23-16-7-10-19-18(12-16)24-21(27-19)14-3-2-4-15(22)11-14/h2-12H,1H3,(H,23,25). The van der Waals surface area contributed by atoms with Gasteiger partial charge in [0.25, 0.3) is 5.91 Å². The van der Waals surface area contributed by atoms with Crippen molar-refractivity contribution in [1.29, 1.82) is 0 Å². The Kier molecular flexibility index (Phi) is 4.64. The Morgan fingerprint density at radius 3 is 2.63 bits per heavy atom. The fraction of sp³-hybridized carbons (Fsp3) is 0.0476. The average Bonchev–Trinajstić information content (AvgIpc) is 3.11. The molecule has 0 fully saturated rings. The highest BCUT2D eigenvalue weighted by molar-refractivity contribution is 9.10. The average molecular weight is 423 g/mol. The van der Waals surface area contributed by atoms with E-state index in [4.69, 9.17) is 9.15 Å². The predicted octanol–water partition coefficient (Wildman–Crippen LogP) is 5.52. The van der Waals surface area contributed by atoms with Gasteiger partial charge in [-0.25, -0.2) is 4.98 Å². The van der Waals surface area contributed by atoms with E-state index in [1.165, 1.54) is 0 Å². The van der Waals surface area contributed by atoms with Crippen molar-refractivity contribution in [1.82, 2.24) is 4.98 Å². The van der Waals surface area contributed by atoms with Crippen molar-refractivity contribution in [2.45, 2.75) is 0 Å². The van der Waals surface area contributed by atoms with Crippen LogP contribution in [0.4, 0.5) is 5.69 Å². The molecule has 1 N–H and O–H groups in total. The second kappa shape index (κ2) is 7.25. The number of rotatable bonds is 4. The number of nitrogens with zero attached hydrogens (tertiary/aromatic N) is 1. The lowest BCUT2D eigenvalue weighted by Gasteiger charge is -2.06. The van der Waals surface area contributed by atoms with Crippen LogP contribution >= 0.6 is 15.9 Å². The first kappa shape index (κ1) is 17.3. The molecule has 27 heavy (non-hydrogen) atoms. The Bertz CT molecular complexity index is 1120. The van der Waals surface area contributed by atoms with E-state index in [1.807, 2.05) is 24.3 Å². The normalized spacial score (nSPS) is 10.7. The topological polar surface area (TPSA) is 64.4 Å². The van der Waals surface area contributed by atoms with Gasteiger partial charge < -0.3 is 14.5 Å². The number of aromatic nitrogens is 1. The minimum atomic E-state index is -0.201. The Hall–Kier alpha value is -3.12. The zero-order valence-corrected chi connectivity index (χ0v) is 16.0. The Balaban J connectivity index is 1.58.